The molecule has 0 aliphatic heterocycles. The van der Waals surface area contributed by atoms with Gasteiger partial charge in [-0.25, -0.2) is 0 Å². The molecule has 0 aromatic heterocycles. The monoisotopic (exact) mass is 263 g/mol. The van der Waals surface area contributed by atoms with Gasteiger partial charge in [0.05, 0.1) is 5.92 Å². The molecular weight excluding hydrogens is 238 g/mol. The van der Waals surface area contributed by atoms with Crippen molar-refractivity contribution in [2.75, 3.05) is 13.1 Å². The molecule has 0 bridgehead atoms. The predicted octanol–water partition coefficient (Wildman–Crippen LogP) is 2.79. The van der Waals surface area contributed by atoms with Gasteiger partial charge in [0.25, 0.3) is 0 Å². The predicted molar refractivity (Wildman–Crippen MR) is 78.5 cm³/mol. The first-order chi connectivity index (χ1) is 8.91. The lowest BCUT2D eigenvalue weighted by Gasteiger charge is -2.17. The van der Waals surface area contributed by atoms with E-state index in [-0.39, 0.29) is 11.8 Å². The second-order valence-electron chi connectivity index (χ2n) is 5.57. The Kier molecular flexibility index (Phi) is 6.03. The van der Waals surface area contributed by atoms with Crippen LogP contribution in [0.3, 0.4) is 0 Å². The summed E-state index contributed by atoms with van der Waals surface area (Å²) in [5, 5.41) is 12.4. The quantitative estimate of drug-likeness (QED) is 0.744. The minimum Gasteiger partial charge on any atom is -0.481 e. The maximum Gasteiger partial charge on any atom is 0.308 e. The average Bonchev–Trinajstić information content (AvgIpc) is 2.32. The molecular formula is C16H25NO2. The highest BCUT2D eigenvalue weighted by Crippen LogP contribution is 2.12. The Morgan fingerprint density at radius 1 is 1.32 bits per heavy atom. The fraction of sp³-hybridized carbons (Fsp3) is 0.562. The minimum atomic E-state index is -0.714. The molecule has 0 heterocycles. The number of aliphatic carboxylic acids is 1. The Morgan fingerprint density at radius 3 is 2.58 bits per heavy atom. The van der Waals surface area contributed by atoms with E-state index in [1.54, 1.807) is 0 Å². The summed E-state index contributed by atoms with van der Waals surface area (Å²) in [4.78, 5) is 11.1. The van der Waals surface area contributed by atoms with Crippen LogP contribution in [0.2, 0.25) is 0 Å². The molecule has 1 unspecified atom stereocenters. The van der Waals surface area contributed by atoms with Crippen LogP contribution in [0.5, 0.6) is 0 Å². The van der Waals surface area contributed by atoms with Crippen molar-refractivity contribution < 1.29 is 9.90 Å². The second-order valence-corrected chi connectivity index (χ2v) is 5.57. The van der Waals surface area contributed by atoms with Crippen LogP contribution in [-0.4, -0.2) is 24.2 Å². The normalized spacial score (nSPS) is 12.7. The van der Waals surface area contributed by atoms with Gasteiger partial charge in [-0.05, 0) is 43.9 Å². The van der Waals surface area contributed by atoms with Gasteiger partial charge in [-0.15, -0.1) is 0 Å². The van der Waals surface area contributed by atoms with Gasteiger partial charge in [0, 0.05) is 6.54 Å². The number of hydrogen-bond donors (Lipinski definition) is 2. The third-order valence-corrected chi connectivity index (χ3v) is 3.56. The van der Waals surface area contributed by atoms with Gasteiger partial charge in [-0.1, -0.05) is 37.6 Å². The van der Waals surface area contributed by atoms with Gasteiger partial charge in [-0.2, -0.15) is 0 Å². The molecule has 1 aromatic rings. The van der Waals surface area contributed by atoms with Crippen molar-refractivity contribution in [2.45, 2.75) is 34.1 Å². The van der Waals surface area contributed by atoms with Crippen LogP contribution in [-0.2, 0) is 11.2 Å². The topological polar surface area (TPSA) is 49.3 Å². The molecule has 0 aliphatic rings. The van der Waals surface area contributed by atoms with Gasteiger partial charge < -0.3 is 10.4 Å². The van der Waals surface area contributed by atoms with E-state index in [0.717, 1.165) is 13.0 Å². The molecule has 0 fully saturated rings. The molecule has 106 valence electrons. The van der Waals surface area contributed by atoms with E-state index in [4.69, 9.17) is 5.11 Å². The SMILES string of the molecule is Cc1ccc(C)c(CCNCC(C(=O)O)C(C)C)c1. The molecule has 0 amide bonds. The summed E-state index contributed by atoms with van der Waals surface area (Å²) < 4.78 is 0. The molecule has 0 saturated heterocycles. The van der Waals surface area contributed by atoms with Gasteiger partial charge in [0.15, 0.2) is 0 Å². The fourth-order valence-corrected chi connectivity index (χ4v) is 2.16. The van der Waals surface area contributed by atoms with Gasteiger partial charge in [-0.3, -0.25) is 4.79 Å². The van der Waals surface area contributed by atoms with E-state index >= 15 is 0 Å². The van der Waals surface area contributed by atoms with E-state index in [0.29, 0.717) is 6.54 Å². The van der Waals surface area contributed by atoms with Crippen LogP contribution in [0, 0.1) is 25.7 Å². The third-order valence-electron chi connectivity index (χ3n) is 3.56. The van der Waals surface area contributed by atoms with Crippen LogP contribution in [0.4, 0.5) is 0 Å². The van der Waals surface area contributed by atoms with E-state index in [2.05, 4.69) is 37.4 Å². The first-order valence-electron chi connectivity index (χ1n) is 6.91. The lowest BCUT2D eigenvalue weighted by Crippen LogP contribution is -2.33. The Bertz CT molecular complexity index is 427. The molecule has 0 aliphatic carbocycles. The molecule has 0 spiro atoms. The molecule has 19 heavy (non-hydrogen) atoms. The van der Waals surface area contributed by atoms with Crippen LogP contribution < -0.4 is 5.32 Å². The number of nitrogens with one attached hydrogen (secondary N) is 1. The van der Waals surface area contributed by atoms with Crippen LogP contribution in [0.15, 0.2) is 18.2 Å². The Morgan fingerprint density at radius 2 is 2.00 bits per heavy atom. The standard InChI is InChI=1S/C16H25NO2/c1-11(2)15(16(18)19)10-17-8-7-14-9-12(3)5-6-13(14)4/h5-6,9,11,15,17H,7-8,10H2,1-4H3,(H,18,19). The molecule has 3 nitrogen and oxygen atoms in total. The molecule has 1 aromatic carbocycles. The Balaban J connectivity index is 2.42. The van der Waals surface area contributed by atoms with E-state index in [1.807, 2.05) is 13.8 Å². The highest BCUT2D eigenvalue weighted by atomic mass is 16.4. The number of rotatable bonds is 7. The van der Waals surface area contributed by atoms with E-state index < -0.39 is 5.97 Å². The second kappa shape index (κ2) is 7.29. The zero-order chi connectivity index (χ0) is 14.4. The van der Waals surface area contributed by atoms with Crippen molar-refractivity contribution in [3.8, 4) is 0 Å². The molecule has 2 N–H and O–H groups in total. The van der Waals surface area contributed by atoms with Gasteiger partial charge >= 0.3 is 5.97 Å². The van der Waals surface area contributed by atoms with Gasteiger partial charge in [0.1, 0.15) is 0 Å². The number of benzene rings is 1. The summed E-state index contributed by atoms with van der Waals surface area (Å²) >= 11 is 0. The number of hydrogen-bond acceptors (Lipinski definition) is 2. The maximum absolute atomic E-state index is 11.1. The summed E-state index contributed by atoms with van der Waals surface area (Å²) in [5.74, 6) is -0.862. The first-order valence-corrected chi connectivity index (χ1v) is 6.91. The van der Waals surface area contributed by atoms with E-state index in [1.165, 1.54) is 16.7 Å². The molecule has 0 radical (unpaired) electrons. The summed E-state index contributed by atoms with van der Waals surface area (Å²) in [7, 11) is 0. The lowest BCUT2D eigenvalue weighted by molar-refractivity contribution is -0.143. The Hall–Kier alpha value is -1.35. The molecule has 3 heteroatoms. The zero-order valence-corrected chi connectivity index (χ0v) is 12.4. The maximum atomic E-state index is 11.1. The molecule has 0 saturated carbocycles. The summed E-state index contributed by atoms with van der Waals surface area (Å²) in [6, 6.07) is 6.46. The van der Waals surface area contributed by atoms with Crippen LogP contribution in [0.1, 0.15) is 30.5 Å². The van der Waals surface area contributed by atoms with Crippen molar-refractivity contribution in [3.05, 3.63) is 34.9 Å². The average molecular weight is 263 g/mol. The number of carboxylic acid groups (broad SMARTS) is 1. The number of carbonyl (C=O) groups is 1. The van der Waals surface area contributed by atoms with Crippen molar-refractivity contribution in [2.24, 2.45) is 11.8 Å². The van der Waals surface area contributed by atoms with Crippen molar-refractivity contribution in [1.29, 1.82) is 0 Å². The minimum absolute atomic E-state index is 0.158. The van der Waals surface area contributed by atoms with Crippen molar-refractivity contribution in [3.63, 3.8) is 0 Å². The highest BCUT2D eigenvalue weighted by molar-refractivity contribution is 5.70. The Labute approximate surface area is 116 Å². The molecule has 1 atom stereocenters. The van der Waals surface area contributed by atoms with Crippen molar-refractivity contribution >= 4 is 5.97 Å². The van der Waals surface area contributed by atoms with Crippen molar-refractivity contribution in [1.82, 2.24) is 5.32 Å². The van der Waals surface area contributed by atoms with Crippen LogP contribution in [0.25, 0.3) is 0 Å². The number of aryl methyl sites for hydroxylation is 2. The van der Waals surface area contributed by atoms with Gasteiger partial charge in [0.2, 0.25) is 0 Å². The highest BCUT2D eigenvalue weighted by Gasteiger charge is 2.20. The number of carboxylic acids is 1. The molecule has 1 rings (SSSR count). The smallest absolute Gasteiger partial charge is 0.308 e. The summed E-state index contributed by atoms with van der Waals surface area (Å²) in [6.07, 6.45) is 0.942. The van der Waals surface area contributed by atoms with E-state index in [9.17, 15) is 4.79 Å². The third kappa shape index (κ3) is 5.03. The zero-order valence-electron chi connectivity index (χ0n) is 12.4. The van der Waals surface area contributed by atoms with Crippen LogP contribution >= 0.6 is 0 Å². The summed E-state index contributed by atoms with van der Waals surface area (Å²) in [5.41, 5.74) is 3.90. The summed E-state index contributed by atoms with van der Waals surface area (Å²) in [6.45, 7) is 9.47. The first kappa shape index (κ1) is 15.7. The fourth-order valence-electron chi connectivity index (χ4n) is 2.16. The largest absolute Gasteiger partial charge is 0.481 e. The lowest BCUT2D eigenvalue weighted by atomic mass is 9.96.